The highest BCUT2D eigenvalue weighted by Gasteiger charge is 2.39. The number of carbonyl (C=O) groups excluding carboxylic acids is 1. The molecule has 2 aromatic carbocycles. The van der Waals surface area contributed by atoms with Gasteiger partial charge in [0.05, 0.1) is 12.2 Å². The molecule has 0 bridgehead atoms. The van der Waals surface area contributed by atoms with Gasteiger partial charge in [-0.3, -0.25) is 4.57 Å². The molecule has 0 spiro atoms. The summed E-state index contributed by atoms with van der Waals surface area (Å²) in [6.45, 7) is -0.333. The zero-order valence-electron chi connectivity index (χ0n) is 21.4. The molecule has 5 N–H and O–H groups in total. The molecule has 1 amide bonds. The molecule has 0 aliphatic carbocycles. The predicted molar refractivity (Wildman–Crippen MR) is 140 cm³/mol. The second-order valence-electron chi connectivity index (χ2n) is 8.83. The number of nitrogens with zero attached hydrogens (tertiary/aromatic N) is 6. The Morgan fingerprint density at radius 3 is 2.38 bits per heavy atom. The van der Waals surface area contributed by atoms with Gasteiger partial charge in [-0.1, -0.05) is 23.7 Å². The number of rotatable bonds is 9. The summed E-state index contributed by atoms with van der Waals surface area (Å²) in [5, 5.41) is 23.7. The van der Waals surface area contributed by atoms with Gasteiger partial charge in [-0.05, 0) is 43.3 Å². The van der Waals surface area contributed by atoms with Crippen LogP contribution >= 0.6 is 11.6 Å². The van der Waals surface area contributed by atoms with Crippen molar-refractivity contribution in [1.82, 2.24) is 29.1 Å². The lowest BCUT2D eigenvalue weighted by Crippen LogP contribution is -2.37. The average molecular weight is 631 g/mol. The quantitative estimate of drug-likeness (QED) is 0.246. The Balaban J connectivity index is 1.84. The number of ether oxygens (including phenoxy) is 1. The van der Waals surface area contributed by atoms with Crippen molar-refractivity contribution in [2.75, 3.05) is 0 Å². The Morgan fingerprint density at radius 2 is 1.79 bits per heavy atom. The van der Waals surface area contributed by atoms with E-state index in [4.69, 9.17) is 27.2 Å². The second-order valence-corrected chi connectivity index (χ2v) is 10.8. The minimum atomic E-state index is -5.03. The number of primary amides is 1. The van der Waals surface area contributed by atoms with Gasteiger partial charge in [0.15, 0.2) is 29.7 Å². The number of hydrogen-bond acceptors (Lipinski definition) is 9. The summed E-state index contributed by atoms with van der Waals surface area (Å²) in [7, 11) is -4.28. The predicted octanol–water partition coefficient (Wildman–Crippen LogP) is 1.72. The molecule has 2 aromatic heterocycles. The van der Waals surface area contributed by atoms with Crippen molar-refractivity contribution in [3.63, 3.8) is 0 Å². The number of aliphatic hydroxyl groups is 1. The number of hydrogen-bond donors (Lipinski definition) is 3. The lowest BCUT2D eigenvalue weighted by atomic mass is 10.2. The van der Waals surface area contributed by atoms with Crippen molar-refractivity contribution >= 4 is 27.7 Å². The Hall–Kier alpha value is -4.26. The molecular formula is C23H22ClF3N8O6S. The van der Waals surface area contributed by atoms with Crippen LogP contribution in [0.15, 0.2) is 58.2 Å². The fraction of sp³-hybridized carbons (Fsp3) is 0.261. The molecule has 1 unspecified atom stereocenters. The van der Waals surface area contributed by atoms with Crippen molar-refractivity contribution in [3.8, 4) is 17.1 Å². The van der Waals surface area contributed by atoms with E-state index >= 15 is 0 Å². The summed E-state index contributed by atoms with van der Waals surface area (Å²) in [4.78, 5) is 28.5. The van der Waals surface area contributed by atoms with E-state index in [0.29, 0.717) is 9.59 Å². The summed E-state index contributed by atoms with van der Waals surface area (Å²) < 4.78 is 71.3. The van der Waals surface area contributed by atoms with Gasteiger partial charge in [0.25, 0.3) is 0 Å². The monoisotopic (exact) mass is 630 g/mol. The number of aromatic nitrogens is 6. The van der Waals surface area contributed by atoms with Crippen molar-refractivity contribution < 1.29 is 36.2 Å². The van der Waals surface area contributed by atoms with E-state index in [1.807, 2.05) is 0 Å². The molecule has 0 saturated heterocycles. The van der Waals surface area contributed by atoms with Gasteiger partial charge in [-0.25, -0.2) is 37.5 Å². The molecule has 0 aliphatic rings. The summed E-state index contributed by atoms with van der Waals surface area (Å²) in [5.41, 5.74) is 4.21. The third kappa shape index (κ3) is 6.62. The highest BCUT2D eigenvalue weighted by atomic mass is 35.5. The maximum atomic E-state index is 13.2. The fourth-order valence-corrected chi connectivity index (χ4v) is 4.75. The SMILES string of the molecule is CC(OC(N)=O)c1nc(Cn2nc(-c3ccc(Cl)cc3)n(C[C@H](O)C(F)(F)F)c2=O)nn1-c1ccccc1S(N)(=O)=O. The van der Waals surface area contributed by atoms with Crippen LogP contribution < -0.4 is 16.6 Å². The normalized spacial score (nSPS) is 13.6. The Bertz CT molecular complexity index is 1790. The van der Waals surface area contributed by atoms with Crippen LogP contribution in [0.5, 0.6) is 0 Å². The van der Waals surface area contributed by atoms with E-state index in [1.54, 1.807) is 0 Å². The van der Waals surface area contributed by atoms with Crippen LogP contribution in [0.1, 0.15) is 24.7 Å². The van der Waals surface area contributed by atoms with Crippen LogP contribution in [-0.2, 0) is 27.8 Å². The molecule has 2 heterocycles. The number of nitrogens with two attached hydrogens (primary N) is 2. The number of sulfonamides is 1. The number of amides is 1. The molecular weight excluding hydrogens is 609 g/mol. The minimum Gasteiger partial charge on any atom is -0.438 e. The lowest BCUT2D eigenvalue weighted by molar-refractivity contribution is -0.207. The Labute approximate surface area is 239 Å². The molecule has 0 fully saturated rings. The molecule has 2 atom stereocenters. The number of alkyl halides is 3. The number of primary sulfonamides is 1. The molecule has 4 aromatic rings. The Morgan fingerprint density at radius 1 is 1.14 bits per heavy atom. The van der Waals surface area contributed by atoms with E-state index < -0.39 is 53.3 Å². The van der Waals surface area contributed by atoms with E-state index in [0.717, 1.165) is 9.36 Å². The van der Waals surface area contributed by atoms with Gasteiger partial charge in [-0.15, -0.1) is 10.2 Å². The Kier molecular flexibility index (Phi) is 8.44. The molecule has 0 radical (unpaired) electrons. The smallest absolute Gasteiger partial charge is 0.416 e. The maximum absolute atomic E-state index is 13.2. The number of para-hydroxylation sites is 1. The van der Waals surface area contributed by atoms with Crippen LogP contribution in [0, 0.1) is 0 Å². The lowest BCUT2D eigenvalue weighted by Gasteiger charge is -2.15. The van der Waals surface area contributed by atoms with Crippen LogP contribution in [0.4, 0.5) is 18.0 Å². The number of benzene rings is 2. The topological polar surface area (TPSA) is 203 Å². The first-order chi connectivity index (χ1) is 19.6. The molecule has 19 heteroatoms. The summed E-state index contributed by atoms with van der Waals surface area (Å²) >= 11 is 5.90. The highest BCUT2D eigenvalue weighted by Crippen LogP contribution is 2.26. The third-order valence-corrected chi connectivity index (χ3v) is 6.99. The number of carbonyl (C=O) groups is 1. The number of aliphatic hydroxyl groups excluding tert-OH is 1. The van der Waals surface area contributed by atoms with Gasteiger partial charge in [0, 0.05) is 10.6 Å². The number of halogens is 4. The molecule has 4 rings (SSSR count). The standard InChI is InChI=1S/C23H22ClF3N8O6S/c1-12(41-21(28)37)19-30-18(31-35(19)15-4-2-3-5-16(15)42(29,39)40)11-34-22(38)33(10-17(36)23(25,26)27)20(32-34)13-6-8-14(24)9-7-13/h2-9,12,17,36H,10-11H2,1H3,(H2,28,37)(H2,29,39,40)/t12?,17-/m0/s1. The average Bonchev–Trinajstić information content (AvgIpc) is 3.45. The van der Waals surface area contributed by atoms with E-state index in [2.05, 4.69) is 15.2 Å². The second kappa shape index (κ2) is 11.6. The van der Waals surface area contributed by atoms with Crippen LogP contribution in [-0.4, -0.2) is 61.0 Å². The van der Waals surface area contributed by atoms with Gasteiger partial charge < -0.3 is 15.6 Å². The van der Waals surface area contributed by atoms with Gasteiger partial charge in [-0.2, -0.15) is 13.2 Å². The van der Waals surface area contributed by atoms with Gasteiger partial charge in [0.2, 0.25) is 10.0 Å². The third-order valence-electron chi connectivity index (χ3n) is 5.78. The molecule has 14 nitrogen and oxygen atoms in total. The molecule has 42 heavy (non-hydrogen) atoms. The fourth-order valence-electron chi connectivity index (χ4n) is 3.91. The first-order valence-corrected chi connectivity index (χ1v) is 13.7. The van der Waals surface area contributed by atoms with Crippen molar-refractivity contribution in [3.05, 3.63) is 75.7 Å². The zero-order chi connectivity index (χ0) is 31.0. The summed E-state index contributed by atoms with van der Waals surface area (Å²) in [6.07, 6.45) is -10.3. The van der Waals surface area contributed by atoms with Crippen LogP contribution in [0.25, 0.3) is 17.1 Å². The van der Waals surface area contributed by atoms with E-state index in [-0.39, 0.29) is 33.6 Å². The zero-order valence-corrected chi connectivity index (χ0v) is 23.0. The maximum Gasteiger partial charge on any atom is 0.416 e. The molecule has 224 valence electrons. The van der Waals surface area contributed by atoms with Crippen molar-refractivity contribution in [2.24, 2.45) is 10.9 Å². The first kappa shape index (κ1) is 30.7. The highest BCUT2D eigenvalue weighted by molar-refractivity contribution is 7.89. The first-order valence-electron chi connectivity index (χ1n) is 11.8. The van der Waals surface area contributed by atoms with Gasteiger partial charge in [0.1, 0.15) is 11.4 Å². The molecule has 0 saturated carbocycles. The molecule has 0 aliphatic heterocycles. The van der Waals surface area contributed by atoms with Crippen molar-refractivity contribution in [2.45, 2.75) is 43.3 Å². The summed E-state index contributed by atoms with van der Waals surface area (Å²) in [5.74, 6) is -0.526. The van der Waals surface area contributed by atoms with Crippen LogP contribution in [0.3, 0.4) is 0 Å². The minimum absolute atomic E-state index is 0.0818. The van der Waals surface area contributed by atoms with E-state index in [9.17, 15) is 36.3 Å². The van der Waals surface area contributed by atoms with Crippen LogP contribution in [0.2, 0.25) is 5.02 Å². The summed E-state index contributed by atoms with van der Waals surface area (Å²) in [6, 6.07) is 11.1. The largest absolute Gasteiger partial charge is 0.438 e. The van der Waals surface area contributed by atoms with Crippen molar-refractivity contribution in [1.29, 1.82) is 0 Å². The van der Waals surface area contributed by atoms with Gasteiger partial charge >= 0.3 is 18.0 Å². The van der Waals surface area contributed by atoms with E-state index in [1.165, 1.54) is 55.5 Å².